The molecule has 0 saturated heterocycles. The number of rotatable bonds is 3. The van der Waals surface area contributed by atoms with Gasteiger partial charge in [-0.15, -0.1) is 0 Å². The first-order valence-corrected chi connectivity index (χ1v) is 5.26. The Labute approximate surface area is 91.5 Å². The molecule has 0 atom stereocenters. The summed E-state index contributed by atoms with van der Waals surface area (Å²) >= 11 is 3.09. The standard InChI is InChI=1S/C11H12BrFO/c1-7(2)11(14)6-8-3-4-10(13)9(12)5-8/h3-5,7H,6H2,1-2H3. The maximum absolute atomic E-state index is 12.9. The summed E-state index contributed by atoms with van der Waals surface area (Å²) in [6.45, 7) is 3.72. The predicted molar refractivity (Wildman–Crippen MR) is 57.6 cm³/mol. The third-order valence-electron chi connectivity index (χ3n) is 2.01. The second-order valence-corrected chi connectivity index (χ2v) is 4.40. The molecule has 0 aliphatic carbocycles. The molecule has 0 saturated carbocycles. The maximum Gasteiger partial charge on any atom is 0.139 e. The van der Waals surface area contributed by atoms with Crippen LogP contribution in [0.2, 0.25) is 0 Å². The fourth-order valence-electron chi connectivity index (χ4n) is 1.05. The van der Waals surface area contributed by atoms with Crippen molar-refractivity contribution in [1.82, 2.24) is 0 Å². The van der Waals surface area contributed by atoms with Crippen molar-refractivity contribution in [1.29, 1.82) is 0 Å². The van der Waals surface area contributed by atoms with E-state index in [1.54, 1.807) is 12.1 Å². The van der Waals surface area contributed by atoms with Crippen LogP contribution in [-0.4, -0.2) is 5.78 Å². The number of carbonyl (C=O) groups excluding carboxylic acids is 1. The minimum Gasteiger partial charge on any atom is -0.299 e. The van der Waals surface area contributed by atoms with Crippen molar-refractivity contribution < 1.29 is 9.18 Å². The number of ketones is 1. The molecule has 0 fully saturated rings. The van der Waals surface area contributed by atoms with Gasteiger partial charge < -0.3 is 0 Å². The van der Waals surface area contributed by atoms with E-state index < -0.39 is 0 Å². The SMILES string of the molecule is CC(C)C(=O)Cc1ccc(F)c(Br)c1. The van der Waals surface area contributed by atoms with E-state index in [2.05, 4.69) is 15.9 Å². The molecule has 0 amide bonds. The Balaban J connectivity index is 2.78. The lowest BCUT2D eigenvalue weighted by Crippen LogP contribution is -2.10. The Kier molecular flexibility index (Phi) is 3.81. The van der Waals surface area contributed by atoms with Gasteiger partial charge in [-0.2, -0.15) is 0 Å². The summed E-state index contributed by atoms with van der Waals surface area (Å²) in [5.41, 5.74) is 0.844. The van der Waals surface area contributed by atoms with Crippen LogP contribution in [0.4, 0.5) is 4.39 Å². The Hall–Kier alpha value is -0.700. The quantitative estimate of drug-likeness (QED) is 0.813. The summed E-state index contributed by atoms with van der Waals surface area (Å²) in [6, 6.07) is 4.66. The molecule has 1 aromatic carbocycles. The molecular formula is C11H12BrFO. The summed E-state index contributed by atoms with van der Waals surface area (Å²) in [6.07, 6.45) is 0.372. The van der Waals surface area contributed by atoms with E-state index in [1.807, 2.05) is 13.8 Å². The smallest absolute Gasteiger partial charge is 0.139 e. The number of carbonyl (C=O) groups is 1. The Morgan fingerprint density at radius 1 is 1.50 bits per heavy atom. The summed E-state index contributed by atoms with van der Waals surface area (Å²) in [5, 5.41) is 0. The van der Waals surface area contributed by atoms with Gasteiger partial charge in [-0.1, -0.05) is 19.9 Å². The molecule has 0 aromatic heterocycles. The first-order chi connectivity index (χ1) is 6.50. The molecule has 3 heteroatoms. The van der Waals surface area contributed by atoms with Gasteiger partial charge in [0.25, 0.3) is 0 Å². The highest BCUT2D eigenvalue weighted by Gasteiger charge is 2.09. The van der Waals surface area contributed by atoms with Gasteiger partial charge in [-0.05, 0) is 33.6 Å². The molecular weight excluding hydrogens is 247 g/mol. The molecule has 0 unspecified atom stereocenters. The van der Waals surface area contributed by atoms with Crippen LogP contribution in [0.1, 0.15) is 19.4 Å². The Morgan fingerprint density at radius 2 is 2.14 bits per heavy atom. The van der Waals surface area contributed by atoms with Crippen molar-refractivity contribution >= 4 is 21.7 Å². The lowest BCUT2D eigenvalue weighted by molar-refractivity contribution is -0.121. The monoisotopic (exact) mass is 258 g/mol. The number of hydrogen-bond acceptors (Lipinski definition) is 1. The molecule has 0 heterocycles. The van der Waals surface area contributed by atoms with Crippen molar-refractivity contribution in [3.8, 4) is 0 Å². The van der Waals surface area contributed by atoms with Gasteiger partial charge in [0.1, 0.15) is 11.6 Å². The van der Waals surface area contributed by atoms with Crippen molar-refractivity contribution in [2.45, 2.75) is 20.3 Å². The lowest BCUT2D eigenvalue weighted by Gasteiger charge is -2.04. The van der Waals surface area contributed by atoms with Crippen LogP contribution in [0.5, 0.6) is 0 Å². The molecule has 1 nitrogen and oxygen atoms in total. The molecule has 1 aromatic rings. The minimum absolute atomic E-state index is 0.0267. The number of halogens is 2. The van der Waals surface area contributed by atoms with E-state index in [0.29, 0.717) is 10.9 Å². The summed E-state index contributed by atoms with van der Waals surface area (Å²) < 4.78 is 13.3. The van der Waals surface area contributed by atoms with Crippen molar-refractivity contribution in [3.63, 3.8) is 0 Å². The largest absolute Gasteiger partial charge is 0.299 e. The number of Topliss-reactive ketones (excluding diaryl/α,β-unsaturated/α-hetero) is 1. The van der Waals surface area contributed by atoms with Crippen LogP contribution in [0.25, 0.3) is 0 Å². The second-order valence-electron chi connectivity index (χ2n) is 3.55. The summed E-state index contributed by atoms with van der Waals surface area (Å²) in [4.78, 5) is 11.4. The Morgan fingerprint density at radius 3 is 2.64 bits per heavy atom. The molecule has 0 aliphatic rings. The highest BCUT2D eigenvalue weighted by Crippen LogP contribution is 2.17. The van der Waals surface area contributed by atoms with Crippen LogP contribution < -0.4 is 0 Å². The van der Waals surface area contributed by atoms with E-state index in [1.165, 1.54) is 6.07 Å². The first kappa shape index (κ1) is 11.4. The third kappa shape index (κ3) is 2.91. The van der Waals surface area contributed by atoms with E-state index in [4.69, 9.17) is 0 Å². The van der Waals surface area contributed by atoms with Crippen molar-refractivity contribution in [3.05, 3.63) is 34.1 Å². The Bertz CT molecular complexity index is 347. The molecule has 1 rings (SSSR count). The highest BCUT2D eigenvalue weighted by atomic mass is 79.9. The highest BCUT2D eigenvalue weighted by molar-refractivity contribution is 9.10. The summed E-state index contributed by atoms with van der Waals surface area (Å²) in [7, 11) is 0. The topological polar surface area (TPSA) is 17.1 Å². The van der Waals surface area contributed by atoms with Gasteiger partial charge in [0.2, 0.25) is 0 Å². The van der Waals surface area contributed by atoms with Crippen LogP contribution in [-0.2, 0) is 11.2 Å². The molecule has 76 valence electrons. The number of benzene rings is 1. The van der Waals surface area contributed by atoms with Crippen molar-refractivity contribution in [2.24, 2.45) is 5.92 Å². The van der Waals surface area contributed by atoms with Gasteiger partial charge in [0, 0.05) is 12.3 Å². The zero-order valence-corrected chi connectivity index (χ0v) is 9.77. The van der Waals surface area contributed by atoms with Gasteiger partial charge in [-0.25, -0.2) is 4.39 Å². The molecule has 0 N–H and O–H groups in total. The van der Waals surface area contributed by atoms with Crippen LogP contribution in [0, 0.1) is 11.7 Å². The van der Waals surface area contributed by atoms with Gasteiger partial charge in [-0.3, -0.25) is 4.79 Å². The van der Waals surface area contributed by atoms with Crippen molar-refractivity contribution in [2.75, 3.05) is 0 Å². The maximum atomic E-state index is 12.9. The average Bonchev–Trinajstić information content (AvgIpc) is 2.11. The molecule has 0 spiro atoms. The van der Waals surface area contributed by atoms with E-state index in [0.717, 1.165) is 5.56 Å². The van der Waals surface area contributed by atoms with Gasteiger partial charge in [0.15, 0.2) is 0 Å². The molecule has 0 bridgehead atoms. The van der Waals surface area contributed by atoms with Gasteiger partial charge >= 0.3 is 0 Å². The lowest BCUT2D eigenvalue weighted by atomic mass is 10.0. The molecule has 0 aliphatic heterocycles. The predicted octanol–water partition coefficient (Wildman–Crippen LogP) is 3.36. The second kappa shape index (κ2) is 4.69. The van der Waals surface area contributed by atoms with E-state index in [-0.39, 0.29) is 17.5 Å². The fraction of sp³-hybridized carbons (Fsp3) is 0.364. The minimum atomic E-state index is -0.300. The number of hydrogen-bond donors (Lipinski definition) is 0. The van der Waals surface area contributed by atoms with Crippen LogP contribution in [0.3, 0.4) is 0 Å². The van der Waals surface area contributed by atoms with Crippen LogP contribution >= 0.6 is 15.9 Å². The van der Waals surface area contributed by atoms with E-state index >= 15 is 0 Å². The van der Waals surface area contributed by atoms with E-state index in [9.17, 15) is 9.18 Å². The normalized spacial score (nSPS) is 10.6. The molecule has 0 radical (unpaired) electrons. The van der Waals surface area contributed by atoms with Crippen LogP contribution in [0.15, 0.2) is 22.7 Å². The first-order valence-electron chi connectivity index (χ1n) is 4.47. The average molecular weight is 259 g/mol. The molecule has 14 heavy (non-hydrogen) atoms. The zero-order chi connectivity index (χ0) is 10.7. The summed E-state index contributed by atoms with van der Waals surface area (Å²) in [5.74, 6) is -0.104. The van der Waals surface area contributed by atoms with Gasteiger partial charge in [0.05, 0.1) is 4.47 Å². The zero-order valence-electron chi connectivity index (χ0n) is 8.18. The fourth-order valence-corrected chi connectivity index (χ4v) is 1.48. The third-order valence-corrected chi connectivity index (χ3v) is 2.61.